The second-order valence-electron chi connectivity index (χ2n) is 9.71. The van der Waals surface area contributed by atoms with Gasteiger partial charge in [-0.15, -0.1) is 0 Å². The first-order chi connectivity index (χ1) is 15.4. The maximum atomic E-state index is 14.2. The van der Waals surface area contributed by atoms with E-state index in [0.717, 1.165) is 55.0 Å². The Morgan fingerprint density at radius 2 is 2.06 bits per heavy atom. The molecule has 0 N–H and O–H groups in total. The van der Waals surface area contributed by atoms with Gasteiger partial charge in [-0.05, 0) is 56.2 Å². The molecule has 2 aliphatic carbocycles. The fraction of sp³-hybridized carbons (Fsp3) is 0.500. The highest BCUT2D eigenvalue weighted by molar-refractivity contribution is 6.01. The molecule has 1 saturated heterocycles. The number of carbonyl (C=O) groups excluding carboxylic acids is 1. The summed E-state index contributed by atoms with van der Waals surface area (Å²) in [6.07, 6.45) is 6.00. The van der Waals surface area contributed by atoms with Crippen LogP contribution in [0.25, 0.3) is 5.69 Å². The van der Waals surface area contributed by atoms with Gasteiger partial charge in [0.15, 0.2) is 5.78 Å². The molecule has 32 heavy (non-hydrogen) atoms. The lowest BCUT2D eigenvalue weighted by Gasteiger charge is -2.27. The maximum absolute atomic E-state index is 14.2. The van der Waals surface area contributed by atoms with Crippen molar-refractivity contribution in [2.45, 2.75) is 57.3 Å². The topological polar surface area (TPSA) is 67.9 Å². The summed E-state index contributed by atoms with van der Waals surface area (Å²) in [6.45, 7) is 5.43. The van der Waals surface area contributed by atoms with Crippen molar-refractivity contribution in [3.8, 4) is 11.8 Å². The molecule has 5 rings (SSSR count). The lowest BCUT2D eigenvalue weighted by Crippen LogP contribution is -2.25. The fourth-order valence-electron chi connectivity index (χ4n) is 5.85. The minimum atomic E-state index is -0.513. The zero-order valence-electron chi connectivity index (χ0n) is 18.6. The summed E-state index contributed by atoms with van der Waals surface area (Å²) in [5, 5.41) is 9.71. The molecule has 6 heteroatoms. The molecule has 2 bridgehead atoms. The molecule has 0 unspecified atom stereocenters. The Morgan fingerprint density at radius 3 is 2.78 bits per heavy atom. The number of hydrogen-bond donors (Lipinski definition) is 0. The van der Waals surface area contributed by atoms with E-state index in [1.54, 1.807) is 12.1 Å². The van der Waals surface area contributed by atoms with E-state index < -0.39 is 5.41 Å². The zero-order chi connectivity index (χ0) is 22.5. The molecule has 3 atom stereocenters. The summed E-state index contributed by atoms with van der Waals surface area (Å²) < 4.78 is 22.0. The van der Waals surface area contributed by atoms with E-state index in [0.29, 0.717) is 13.2 Å². The smallest absolute Gasteiger partial charge is 0.176 e. The molecule has 0 saturated carbocycles. The number of ketones is 1. The Bertz CT molecular complexity index is 1140. The number of allylic oxidation sites excluding steroid dienone is 2. The van der Waals surface area contributed by atoms with Gasteiger partial charge in [0.05, 0.1) is 11.3 Å². The third-order valence-corrected chi connectivity index (χ3v) is 7.60. The van der Waals surface area contributed by atoms with Crippen molar-refractivity contribution in [1.82, 2.24) is 9.55 Å². The average molecular weight is 434 g/mol. The van der Waals surface area contributed by atoms with Crippen molar-refractivity contribution in [1.29, 1.82) is 5.26 Å². The zero-order valence-corrected chi connectivity index (χ0v) is 18.6. The number of carbonyl (C=O) groups is 1. The van der Waals surface area contributed by atoms with Crippen molar-refractivity contribution in [3.05, 3.63) is 58.9 Å². The van der Waals surface area contributed by atoms with Gasteiger partial charge in [-0.1, -0.05) is 26.0 Å². The molecule has 0 spiro atoms. The average Bonchev–Trinajstić information content (AvgIpc) is 3.09. The van der Waals surface area contributed by atoms with Crippen molar-refractivity contribution < 1.29 is 13.9 Å². The monoisotopic (exact) mass is 433 g/mol. The number of imidazole rings is 1. The molecule has 1 aliphatic heterocycles. The first-order valence-electron chi connectivity index (χ1n) is 11.5. The number of aromatic nitrogens is 2. The molecule has 0 amide bonds. The number of rotatable bonds is 2. The number of benzene rings is 1. The van der Waals surface area contributed by atoms with E-state index in [9.17, 15) is 14.4 Å². The Kier molecular flexibility index (Phi) is 5.25. The number of fused-ring (bicyclic) bond motifs is 4. The van der Waals surface area contributed by atoms with Crippen LogP contribution in [0.2, 0.25) is 0 Å². The van der Waals surface area contributed by atoms with Gasteiger partial charge in [-0.25, -0.2) is 9.37 Å². The lowest BCUT2D eigenvalue weighted by molar-refractivity contribution is -0.119. The summed E-state index contributed by atoms with van der Waals surface area (Å²) in [5.41, 5.74) is 2.52. The van der Waals surface area contributed by atoms with Crippen LogP contribution in [0.5, 0.6) is 0 Å². The molecule has 5 nitrogen and oxygen atoms in total. The summed E-state index contributed by atoms with van der Waals surface area (Å²) in [7, 11) is 0. The first kappa shape index (κ1) is 21.1. The SMILES string of the molecule is C[C@H]1C(=O)C(C#N)=C[C@]2(C)C[C@H]1CCc1c2nc(C2CCOCC2)n1-c1cccc(F)c1. The lowest BCUT2D eigenvalue weighted by atomic mass is 9.77. The van der Waals surface area contributed by atoms with Crippen LogP contribution >= 0.6 is 0 Å². The molecule has 3 aliphatic rings. The van der Waals surface area contributed by atoms with E-state index in [1.807, 2.05) is 19.1 Å². The summed E-state index contributed by atoms with van der Waals surface area (Å²) in [4.78, 5) is 18.1. The van der Waals surface area contributed by atoms with Crippen LogP contribution in [0.3, 0.4) is 0 Å². The molecule has 2 aromatic rings. The summed E-state index contributed by atoms with van der Waals surface area (Å²) in [6, 6.07) is 8.85. The predicted octanol–water partition coefficient (Wildman–Crippen LogP) is 4.78. The second-order valence-corrected chi connectivity index (χ2v) is 9.71. The van der Waals surface area contributed by atoms with Crippen molar-refractivity contribution in [3.63, 3.8) is 0 Å². The third-order valence-electron chi connectivity index (χ3n) is 7.60. The van der Waals surface area contributed by atoms with E-state index in [4.69, 9.17) is 9.72 Å². The molecule has 1 aromatic carbocycles. The van der Waals surface area contributed by atoms with Gasteiger partial charge in [0.1, 0.15) is 17.7 Å². The molecule has 1 fully saturated rings. The van der Waals surface area contributed by atoms with E-state index in [2.05, 4.69) is 17.6 Å². The third kappa shape index (κ3) is 3.40. The summed E-state index contributed by atoms with van der Waals surface area (Å²) in [5.74, 6) is 0.826. The highest BCUT2D eigenvalue weighted by Gasteiger charge is 2.44. The Balaban J connectivity index is 1.75. The normalized spacial score (nSPS) is 28.3. The van der Waals surface area contributed by atoms with Crippen LogP contribution in [0.4, 0.5) is 4.39 Å². The fourth-order valence-corrected chi connectivity index (χ4v) is 5.85. The molecule has 1 aromatic heterocycles. The maximum Gasteiger partial charge on any atom is 0.176 e. The van der Waals surface area contributed by atoms with Gasteiger partial charge >= 0.3 is 0 Å². The quantitative estimate of drug-likeness (QED) is 0.683. The highest BCUT2D eigenvalue weighted by Crippen LogP contribution is 2.47. The van der Waals surface area contributed by atoms with E-state index in [1.165, 1.54) is 6.07 Å². The predicted molar refractivity (Wildman–Crippen MR) is 118 cm³/mol. The number of Topliss-reactive ketones (excluding diaryl/α,β-unsaturated/α-hetero) is 1. The van der Waals surface area contributed by atoms with E-state index in [-0.39, 0.29) is 34.9 Å². The Morgan fingerprint density at radius 1 is 1.28 bits per heavy atom. The Labute approximate surface area is 187 Å². The van der Waals surface area contributed by atoms with Gasteiger partial charge in [0.2, 0.25) is 0 Å². The first-order valence-corrected chi connectivity index (χ1v) is 11.5. The molecule has 0 radical (unpaired) electrons. The highest BCUT2D eigenvalue weighted by atomic mass is 19.1. The molecular weight excluding hydrogens is 405 g/mol. The van der Waals surface area contributed by atoms with Crippen LogP contribution in [0.15, 0.2) is 35.9 Å². The van der Waals surface area contributed by atoms with Crippen molar-refractivity contribution in [2.24, 2.45) is 11.8 Å². The number of hydrogen-bond acceptors (Lipinski definition) is 4. The van der Waals surface area contributed by atoms with Gasteiger partial charge < -0.3 is 9.30 Å². The summed E-state index contributed by atoms with van der Waals surface area (Å²) >= 11 is 0. The Hall–Kier alpha value is -2.78. The largest absolute Gasteiger partial charge is 0.381 e. The minimum Gasteiger partial charge on any atom is -0.381 e. The number of ether oxygens (including phenoxy) is 1. The standard InChI is InChI=1S/C26H28FN3O2/c1-16-18-6-7-22-24(26(2,13-18)14-19(15-28)23(16)31)29-25(17-8-10-32-11-9-17)30(22)21-5-3-4-20(27)12-21/h3-5,12,14,16-18H,6-11,13H2,1-2H3/t16-,18-,26+/m1/s1. The minimum absolute atomic E-state index is 0.0566. The van der Waals surface area contributed by atoms with Gasteiger partial charge in [-0.3, -0.25) is 4.79 Å². The molecule has 166 valence electrons. The van der Waals surface area contributed by atoms with Crippen molar-refractivity contribution in [2.75, 3.05) is 13.2 Å². The van der Waals surface area contributed by atoms with Crippen LogP contribution in [0.1, 0.15) is 62.7 Å². The van der Waals surface area contributed by atoms with Gasteiger partial charge in [0.25, 0.3) is 0 Å². The van der Waals surface area contributed by atoms with Gasteiger partial charge in [0, 0.05) is 41.8 Å². The number of nitriles is 1. The van der Waals surface area contributed by atoms with Crippen LogP contribution in [-0.2, 0) is 21.4 Å². The van der Waals surface area contributed by atoms with Crippen LogP contribution in [0, 0.1) is 29.0 Å². The second kappa shape index (κ2) is 7.97. The van der Waals surface area contributed by atoms with Crippen LogP contribution in [-0.4, -0.2) is 28.5 Å². The van der Waals surface area contributed by atoms with Crippen molar-refractivity contribution >= 4 is 5.78 Å². The van der Waals surface area contributed by atoms with Gasteiger partial charge in [-0.2, -0.15) is 5.26 Å². The van der Waals surface area contributed by atoms with E-state index >= 15 is 0 Å². The van der Waals surface area contributed by atoms with Crippen LogP contribution < -0.4 is 0 Å². The number of halogens is 1. The number of nitrogens with zero attached hydrogens (tertiary/aromatic N) is 3. The molecule has 2 heterocycles. The molecular formula is C26H28FN3O2.